The van der Waals surface area contributed by atoms with Crippen LogP contribution in [0.1, 0.15) is 116 Å². The topological polar surface area (TPSA) is 210 Å². The second-order valence-corrected chi connectivity index (χ2v) is 18.3. The molecule has 5 rings (SSSR count). The zero-order valence-electron chi connectivity index (χ0n) is 33.2. The predicted octanol–water partition coefficient (Wildman–Crippen LogP) is 4.52. The molecule has 1 unspecified atom stereocenters. The largest absolute Gasteiger partial charge is 0.444 e. The number of benzene rings is 1. The van der Waals surface area contributed by atoms with Gasteiger partial charge in [-0.2, -0.15) is 0 Å². The van der Waals surface area contributed by atoms with Crippen molar-refractivity contribution < 1.29 is 46.6 Å². The molecule has 16 nitrogen and oxygen atoms in total. The number of fused-ring (bicyclic) bond motifs is 1. The highest BCUT2D eigenvalue weighted by Crippen LogP contribution is 2.31. The molecule has 3 aliphatic rings. The minimum atomic E-state index is -3.80. The smallest absolute Gasteiger partial charge is 0.410 e. The molecular formula is C39H60N6O10S. The molecular weight excluding hydrogens is 745 g/mol. The number of sulfonamides is 1. The number of unbranched alkanes of at least 4 members (excludes halogenated alkanes) is 1. The Morgan fingerprint density at radius 2 is 1.73 bits per heavy atom. The molecule has 1 aromatic carbocycles. The number of rotatable bonds is 16. The molecule has 3 fully saturated rings. The highest BCUT2D eigenvalue weighted by Gasteiger charge is 2.45. The van der Waals surface area contributed by atoms with Crippen LogP contribution in [0, 0.1) is 5.92 Å². The Balaban J connectivity index is 1.35. The van der Waals surface area contributed by atoms with Crippen LogP contribution in [0.25, 0.3) is 11.1 Å². The van der Waals surface area contributed by atoms with Gasteiger partial charge in [0.05, 0.1) is 18.8 Å². The lowest BCUT2D eigenvalue weighted by atomic mass is 9.98. The third kappa shape index (κ3) is 12.8. The van der Waals surface area contributed by atoms with E-state index in [1.54, 1.807) is 49.9 Å². The average Bonchev–Trinajstić information content (AvgIpc) is 3.92. The first-order valence-electron chi connectivity index (χ1n) is 20.1. The van der Waals surface area contributed by atoms with Gasteiger partial charge in [0.1, 0.15) is 29.3 Å². The van der Waals surface area contributed by atoms with Gasteiger partial charge in [-0.05, 0) is 90.2 Å². The minimum Gasteiger partial charge on any atom is -0.444 e. The van der Waals surface area contributed by atoms with E-state index in [0.717, 1.165) is 51.2 Å². The number of alkyl carbamates (subject to hydrolysis) is 1. The third-order valence-corrected chi connectivity index (χ3v) is 11.3. The minimum absolute atomic E-state index is 0.000372. The fourth-order valence-electron chi connectivity index (χ4n) is 7.83. The number of likely N-dealkylation sites (tertiary alicyclic amines) is 2. The summed E-state index contributed by atoms with van der Waals surface area (Å²) in [7, 11) is -3.80. The van der Waals surface area contributed by atoms with E-state index in [9.17, 15) is 32.7 Å². The van der Waals surface area contributed by atoms with Crippen LogP contribution in [0.4, 0.5) is 9.59 Å². The summed E-state index contributed by atoms with van der Waals surface area (Å²) >= 11 is 0. The Morgan fingerprint density at radius 1 is 1.02 bits per heavy atom. The highest BCUT2D eigenvalue weighted by atomic mass is 32.2. The van der Waals surface area contributed by atoms with Crippen LogP contribution in [-0.4, -0.2) is 115 Å². The van der Waals surface area contributed by atoms with Gasteiger partial charge in [0.15, 0.2) is 11.7 Å². The lowest BCUT2D eigenvalue weighted by Gasteiger charge is -2.30. The van der Waals surface area contributed by atoms with Crippen molar-refractivity contribution in [2.75, 3.05) is 32.4 Å². The van der Waals surface area contributed by atoms with Crippen molar-refractivity contribution in [1.29, 1.82) is 0 Å². The van der Waals surface area contributed by atoms with E-state index in [1.807, 2.05) is 0 Å². The van der Waals surface area contributed by atoms with Crippen LogP contribution in [-0.2, 0) is 29.1 Å². The maximum Gasteiger partial charge on any atom is 0.410 e. The zero-order valence-corrected chi connectivity index (χ0v) is 34.0. The molecule has 0 spiro atoms. The molecule has 2 aliphatic heterocycles. The molecule has 1 aliphatic carbocycles. The van der Waals surface area contributed by atoms with Crippen LogP contribution < -0.4 is 15.4 Å². The van der Waals surface area contributed by atoms with Crippen molar-refractivity contribution in [3.8, 4) is 0 Å². The number of para-hydroxylation sites is 2. The van der Waals surface area contributed by atoms with Gasteiger partial charge in [-0.15, -0.1) is 0 Å². The van der Waals surface area contributed by atoms with Crippen molar-refractivity contribution >= 4 is 45.1 Å². The van der Waals surface area contributed by atoms with Crippen molar-refractivity contribution in [3.05, 3.63) is 30.2 Å². The van der Waals surface area contributed by atoms with Gasteiger partial charge in [0, 0.05) is 26.1 Å². The molecule has 2 aromatic rings. The molecule has 1 aromatic heterocycles. The average molecular weight is 805 g/mol. The maximum absolute atomic E-state index is 14.4. The van der Waals surface area contributed by atoms with Gasteiger partial charge in [-0.1, -0.05) is 37.8 Å². The van der Waals surface area contributed by atoms with E-state index in [1.165, 1.54) is 4.90 Å². The number of aromatic nitrogens is 1. The molecule has 1 saturated carbocycles. The first kappa shape index (κ1) is 43.2. The van der Waals surface area contributed by atoms with Crippen LogP contribution in [0.5, 0.6) is 0 Å². The Labute approximate surface area is 329 Å². The summed E-state index contributed by atoms with van der Waals surface area (Å²) in [4.78, 5) is 61.5. The number of carbonyl (C=O) groups excluding carboxylic acids is 4. The number of aliphatic hydroxyl groups is 1. The molecule has 4 amide bonds. The molecule has 4 N–H and O–H groups in total. The molecule has 17 heteroatoms. The van der Waals surface area contributed by atoms with E-state index in [0.29, 0.717) is 55.9 Å². The second kappa shape index (κ2) is 19.5. The standard InChI is InChI=1S/C39H60N6O10S/c1-39(2,3)55-37(49)40-21-11-10-17-29(33(46)35-42-28-16-8-9-18-32(28)54-35)41-34(47)31-24-27(53-38(50)44-22-12-5-13-23-44)25-45(31)36(48)30(43-56(4,51)52)20-19-26-14-6-7-15-26/h8-9,16,18,26-27,29-31,33,43,46H,5-7,10-15,17,19-25H2,1-4H3,(H,40,49)(H,41,47)/t27-,29+,30-,31+,33?/m1/s1. The summed E-state index contributed by atoms with van der Waals surface area (Å²) < 4.78 is 44.6. The summed E-state index contributed by atoms with van der Waals surface area (Å²) in [5.41, 5.74) is 0.336. The third-order valence-electron chi connectivity index (χ3n) is 10.6. The Hall–Kier alpha value is -3.96. The van der Waals surface area contributed by atoms with Gasteiger partial charge in [-0.25, -0.2) is 27.7 Å². The van der Waals surface area contributed by atoms with Crippen LogP contribution in [0.15, 0.2) is 28.7 Å². The zero-order chi connectivity index (χ0) is 40.5. The van der Waals surface area contributed by atoms with Crippen molar-refractivity contribution in [3.63, 3.8) is 0 Å². The van der Waals surface area contributed by atoms with Gasteiger partial charge in [0.2, 0.25) is 27.7 Å². The molecule has 3 heterocycles. The summed E-state index contributed by atoms with van der Waals surface area (Å²) in [6, 6.07) is 3.84. The Kier molecular flexibility index (Phi) is 15.0. The molecule has 0 radical (unpaired) electrons. The lowest BCUT2D eigenvalue weighted by molar-refractivity contribution is -0.140. The fourth-order valence-corrected chi connectivity index (χ4v) is 8.57. The SMILES string of the molecule is CC(C)(C)OC(=O)NCCCC[C@H](NC(=O)[C@@H]1C[C@@H](OC(=O)N2CCCCC2)CN1C(=O)[C@@H](CCC1CCCC1)NS(C)(=O)=O)C(O)c1nc2ccccc2o1. The monoisotopic (exact) mass is 804 g/mol. The number of nitrogens with zero attached hydrogens (tertiary/aromatic N) is 3. The lowest BCUT2D eigenvalue weighted by Crippen LogP contribution is -2.55. The van der Waals surface area contributed by atoms with Crippen molar-refractivity contribution in [1.82, 2.24) is 30.1 Å². The van der Waals surface area contributed by atoms with Gasteiger partial charge < -0.3 is 39.4 Å². The summed E-state index contributed by atoms with van der Waals surface area (Å²) in [6.07, 6.45) is 6.79. The van der Waals surface area contributed by atoms with Crippen molar-refractivity contribution in [2.24, 2.45) is 5.92 Å². The quantitative estimate of drug-likeness (QED) is 0.173. The van der Waals surface area contributed by atoms with E-state index >= 15 is 0 Å². The van der Waals surface area contributed by atoms with Gasteiger partial charge >= 0.3 is 12.2 Å². The van der Waals surface area contributed by atoms with Crippen LogP contribution >= 0.6 is 0 Å². The molecule has 56 heavy (non-hydrogen) atoms. The number of piperidine rings is 1. The normalized spacial score (nSPS) is 21.1. The van der Waals surface area contributed by atoms with Gasteiger partial charge in [-0.3, -0.25) is 9.59 Å². The number of oxazole rings is 1. The predicted molar refractivity (Wildman–Crippen MR) is 208 cm³/mol. The number of hydrogen-bond donors (Lipinski definition) is 4. The Bertz CT molecular complexity index is 1720. The maximum atomic E-state index is 14.4. The van der Waals surface area contributed by atoms with Gasteiger partial charge in [0.25, 0.3) is 0 Å². The molecule has 2 saturated heterocycles. The number of aliphatic hydroxyl groups excluding tert-OH is 1. The number of ether oxygens (including phenoxy) is 2. The van der Waals surface area contributed by atoms with E-state index in [-0.39, 0.29) is 31.7 Å². The van der Waals surface area contributed by atoms with E-state index in [2.05, 4.69) is 20.3 Å². The van der Waals surface area contributed by atoms with Crippen LogP contribution in [0.2, 0.25) is 0 Å². The molecule has 5 atom stereocenters. The molecule has 312 valence electrons. The Morgan fingerprint density at radius 3 is 2.41 bits per heavy atom. The number of hydrogen-bond acceptors (Lipinski definition) is 11. The summed E-state index contributed by atoms with van der Waals surface area (Å²) in [6.45, 7) is 6.62. The number of carbonyl (C=O) groups is 4. The van der Waals surface area contributed by atoms with E-state index < -0.39 is 70.0 Å². The summed E-state index contributed by atoms with van der Waals surface area (Å²) in [5.74, 6) is -0.790. The first-order chi connectivity index (χ1) is 26.6. The summed E-state index contributed by atoms with van der Waals surface area (Å²) in [5, 5.41) is 17.3. The van der Waals surface area contributed by atoms with Crippen molar-refractivity contribution in [2.45, 2.75) is 140 Å². The number of amides is 4. The highest BCUT2D eigenvalue weighted by molar-refractivity contribution is 7.88. The first-order valence-corrected chi connectivity index (χ1v) is 22.0. The molecule has 0 bridgehead atoms. The second-order valence-electron chi connectivity index (χ2n) is 16.5. The fraction of sp³-hybridized carbons (Fsp3) is 0.718. The van der Waals surface area contributed by atoms with Crippen LogP contribution in [0.3, 0.4) is 0 Å². The number of nitrogens with one attached hydrogen (secondary N) is 3. The van der Waals surface area contributed by atoms with E-state index in [4.69, 9.17) is 13.9 Å².